The molecule has 0 spiro atoms. The van der Waals surface area contributed by atoms with Crippen molar-refractivity contribution < 1.29 is 9.53 Å². The molecule has 0 radical (unpaired) electrons. The van der Waals surface area contributed by atoms with Gasteiger partial charge in [-0.05, 0) is 39.5 Å². The average molecular weight is 200 g/mol. The summed E-state index contributed by atoms with van der Waals surface area (Å²) >= 11 is 0. The molecule has 0 bridgehead atoms. The molecule has 0 aliphatic rings. The van der Waals surface area contributed by atoms with E-state index in [2.05, 4.69) is 13.8 Å². The fraction of sp³-hybridized carbons (Fsp3) is 0.917. The molecule has 1 unspecified atom stereocenters. The molecular weight excluding hydrogens is 176 g/mol. The van der Waals surface area contributed by atoms with Crippen LogP contribution in [0.25, 0.3) is 0 Å². The van der Waals surface area contributed by atoms with E-state index in [4.69, 9.17) is 4.74 Å². The number of rotatable bonds is 5. The van der Waals surface area contributed by atoms with Crippen LogP contribution in [-0.2, 0) is 9.53 Å². The molecule has 84 valence electrons. The van der Waals surface area contributed by atoms with Gasteiger partial charge in [0.15, 0.2) is 0 Å². The lowest BCUT2D eigenvalue weighted by Gasteiger charge is -2.26. The van der Waals surface area contributed by atoms with Gasteiger partial charge in [0, 0.05) is 0 Å². The maximum atomic E-state index is 11.7. The highest BCUT2D eigenvalue weighted by molar-refractivity contribution is 5.76. The molecule has 0 aromatic rings. The zero-order valence-corrected chi connectivity index (χ0v) is 10.4. The normalized spacial score (nSPS) is 14.2. The van der Waals surface area contributed by atoms with Gasteiger partial charge >= 0.3 is 5.97 Å². The Morgan fingerprint density at radius 1 is 1.29 bits per heavy atom. The van der Waals surface area contributed by atoms with Crippen molar-refractivity contribution in [1.29, 1.82) is 0 Å². The largest absolute Gasteiger partial charge is 0.462 e. The van der Waals surface area contributed by atoms with Crippen LogP contribution in [0.15, 0.2) is 0 Å². The first-order chi connectivity index (χ1) is 6.29. The molecule has 1 atom stereocenters. The maximum Gasteiger partial charge on any atom is 0.311 e. The van der Waals surface area contributed by atoms with Crippen LogP contribution >= 0.6 is 0 Å². The second-order valence-electron chi connectivity index (χ2n) is 5.11. The molecule has 0 aliphatic heterocycles. The highest BCUT2D eigenvalue weighted by Crippen LogP contribution is 2.27. The fourth-order valence-corrected chi connectivity index (χ4v) is 1.53. The number of hydrogen-bond donors (Lipinski definition) is 0. The maximum absolute atomic E-state index is 11.7. The van der Waals surface area contributed by atoms with Crippen molar-refractivity contribution in [1.82, 2.24) is 0 Å². The monoisotopic (exact) mass is 200 g/mol. The summed E-state index contributed by atoms with van der Waals surface area (Å²) in [6.45, 7) is 12.1. The van der Waals surface area contributed by atoms with E-state index >= 15 is 0 Å². The van der Waals surface area contributed by atoms with Crippen LogP contribution in [0.1, 0.15) is 54.4 Å². The molecule has 0 rings (SSSR count). The van der Waals surface area contributed by atoms with E-state index in [0.717, 1.165) is 12.8 Å². The molecule has 0 heterocycles. The summed E-state index contributed by atoms with van der Waals surface area (Å²) in [7, 11) is 0. The van der Waals surface area contributed by atoms with Crippen LogP contribution < -0.4 is 0 Å². The zero-order chi connectivity index (χ0) is 11.4. The van der Waals surface area contributed by atoms with E-state index < -0.39 is 0 Å². The third-order valence-electron chi connectivity index (χ3n) is 2.35. The Balaban J connectivity index is 4.21. The van der Waals surface area contributed by atoms with E-state index in [1.165, 1.54) is 0 Å². The summed E-state index contributed by atoms with van der Waals surface area (Å²) in [6.07, 6.45) is 1.79. The predicted octanol–water partition coefficient (Wildman–Crippen LogP) is 3.40. The molecule has 0 aliphatic carbocycles. The molecule has 0 aromatic carbocycles. The lowest BCUT2D eigenvalue weighted by atomic mass is 9.84. The molecule has 0 N–H and O–H groups in total. The fourth-order valence-electron chi connectivity index (χ4n) is 1.53. The topological polar surface area (TPSA) is 26.3 Å². The summed E-state index contributed by atoms with van der Waals surface area (Å²) < 4.78 is 5.33. The van der Waals surface area contributed by atoms with Gasteiger partial charge in [0.25, 0.3) is 0 Å². The smallest absolute Gasteiger partial charge is 0.311 e. The molecule has 0 amide bonds. The van der Waals surface area contributed by atoms with Crippen LogP contribution in [0.2, 0.25) is 0 Å². The lowest BCUT2D eigenvalue weighted by Crippen LogP contribution is -2.30. The molecule has 0 aromatic heterocycles. The Morgan fingerprint density at radius 3 is 2.14 bits per heavy atom. The summed E-state index contributed by atoms with van der Waals surface area (Å²) in [5.41, 5.74) is -0.350. The Morgan fingerprint density at radius 2 is 1.79 bits per heavy atom. The summed E-state index contributed by atoms with van der Waals surface area (Å²) in [5, 5.41) is 0. The van der Waals surface area contributed by atoms with Crippen molar-refractivity contribution in [2.75, 3.05) is 0 Å². The molecular formula is C12H24O2. The van der Waals surface area contributed by atoms with Crippen LogP contribution in [0.5, 0.6) is 0 Å². The highest BCUT2D eigenvalue weighted by Gasteiger charge is 2.30. The Labute approximate surface area is 88.0 Å². The van der Waals surface area contributed by atoms with Gasteiger partial charge in [0.1, 0.15) is 0 Å². The van der Waals surface area contributed by atoms with Gasteiger partial charge in [0.2, 0.25) is 0 Å². The standard InChI is InChI=1S/C12H24O2/c1-7-10(4)14-11(13)12(5,6)8-9(2)3/h9-10H,7-8H2,1-6H3. The minimum absolute atomic E-state index is 0.0361. The van der Waals surface area contributed by atoms with E-state index in [1.807, 2.05) is 27.7 Å². The van der Waals surface area contributed by atoms with Crippen molar-refractivity contribution in [3.8, 4) is 0 Å². The van der Waals surface area contributed by atoms with Crippen molar-refractivity contribution in [2.45, 2.75) is 60.5 Å². The van der Waals surface area contributed by atoms with Gasteiger partial charge in [-0.15, -0.1) is 0 Å². The van der Waals surface area contributed by atoms with Crippen LogP contribution in [0, 0.1) is 11.3 Å². The van der Waals surface area contributed by atoms with Crippen molar-refractivity contribution in [2.24, 2.45) is 11.3 Å². The van der Waals surface area contributed by atoms with E-state index in [0.29, 0.717) is 5.92 Å². The number of carbonyl (C=O) groups is 1. The molecule has 14 heavy (non-hydrogen) atoms. The average Bonchev–Trinajstić information content (AvgIpc) is 2.01. The lowest BCUT2D eigenvalue weighted by molar-refractivity contribution is -0.159. The van der Waals surface area contributed by atoms with Crippen molar-refractivity contribution in [3.05, 3.63) is 0 Å². The minimum atomic E-state index is -0.350. The summed E-state index contributed by atoms with van der Waals surface area (Å²) in [4.78, 5) is 11.7. The number of carbonyl (C=O) groups excluding carboxylic acids is 1. The summed E-state index contributed by atoms with van der Waals surface area (Å²) in [5.74, 6) is 0.454. The number of ether oxygens (including phenoxy) is 1. The minimum Gasteiger partial charge on any atom is -0.462 e. The first-order valence-electron chi connectivity index (χ1n) is 5.50. The molecule has 0 fully saturated rings. The first-order valence-corrected chi connectivity index (χ1v) is 5.50. The molecule has 0 saturated carbocycles. The second kappa shape index (κ2) is 5.38. The van der Waals surface area contributed by atoms with Crippen molar-refractivity contribution in [3.63, 3.8) is 0 Å². The predicted molar refractivity (Wildman–Crippen MR) is 59.1 cm³/mol. The first kappa shape index (κ1) is 13.5. The molecule has 2 nitrogen and oxygen atoms in total. The van der Waals surface area contributed by atoms with Gasteiger partial charge in [0.05, 0.1) is 11.5 Å². The third-order valence-corrected chi connectivity index (χ3v) is 2.35. The Kier molecular flexibility index (Phi) is 5.17. The zero-order valence-electron chi connectivity index (χ0n) is 10.4. The van der Waals surface area contributed by atoms with Gasteiger partial charge in [-0.1, -0.05) is 20.8 Å². The summed E-state index contributed by atoms with van der Waals surface area (Å²) in [6, 6.07) is 0. The number of hydrogen-bond acceptors (Lipinski definition) is 2. The molecule has 0 saturated heterocycles. The quantitative estimate of drug-likeness (QED) is 0.636. The Hall–Kier alpha value is -0.530. The van der Waals surface area contributed by atoms with Crippen molar-refractivity contribution >= 4 is 5.97 Å². The van der Waals surface area contributed by atoms with Crippen LogP contribution in [0.4, 0.5) is 0 Å². The van der Waals surface area contributed by atoms with Gasteiger partial charge in [-0.3, -0.25) is 4.79 Å². The van der Waals surface area contributed by atoms with Crippen LogP contribution in [-0.4, -0.2) is 12.1 Å². The highest BCUT2D eigenvalue weighted by atomic mass is 16.5. The number of esters is 1. The Bertz CT molecular complexity index is 183. The third kappa shape index (κ3) is 4.64. The van der Waals surface area contributed by atoms with Crippen LogP contribution in [0.3, 0.4) is 0 Å². The van der Waals surface area contributed by atoms with Gasteiger partial charge in [-0.2, -0.15) is 0 Å². The van der Waals surface area contributed by atoms with Gasteiger partial charge < -0.3 is 4.74 Å². The molecule has 2 heteroatoms. The van der Waals surface area contributed by atoms with E-state index in [-0.39, 0.29) is 17.5 Å². The van der Waals surface area contributed by atoms with Gasteiger partial charge in [-0.25, -0.2) is 0 Å². The second-order valence-corrected chi connectivity index (χ2v) is 5.11. The SMILES string of the molecule is CCC(C)OC(=O)C(C)(C)CC(C)C. The van der Waals surface area contributed by atoms with E-state index in [1.54, 1.807) is 0 Å². The van der Waals surface area contributed by atoms with E-state index in [9.17, 15) is 4.79 Å².